The van der Waals surface area contributed by atoms with Gasteiger partial charge >= 0.3 is 0 Å². The van der Waals surface area contributed by atoms with Gasteiger partial charge in [0, 0.05) is 13.2 Å². The molecule has 3 fully saturated rings. The van der Waals surface area contributed by atoms with E-state index in [0.29, 0.717) is 6.42 Å². The zero-order chi connectivity index (χ0) is 29.6. The van der Waals surface area contributed by atoms with Crippen molar-refractivity contribution in [1.82, 2.24) is 0 Å². The van der Waals surface area contributed by atoms with Crippen molar-refractivity contribution in [2.75, 3.05) is 39.6 Å². The first-order valence-corrected chi connectivity index (χ1v) is 13.2. The predicted octanol–water partition coefficient (Wildman–Crippen LogP) is -6.16. The lowest BCUT2D eigenvalue weighted by atomic mass is 9.96. The molecule has 0 aliphatic carbocycles. The highest BCUT2D eigenvalue weighted by atomic mass is 16.7. The molecular formula is C23H43NO16. The van der Waals surface area contributed by atoms with E-state index in [1.54, 1.807) is 0 Å². The van der Waals surface area contributed by atoms with Crippen LogP contribution in [0.3, 0.4) is 0 Å². The Kier molecular flexibility index (Phi) is 13.3. The Morgan fingerprint density at radius 2 is 1.18 bits per heavy atom. The average Bonchev–Trinajstić information content (AvgIpc) is 2.95. The molecule has 15 unspecified atom stereocenters. The number of ether oxygens (including phenoxy) is 7. The Bertz CT molecular complexity index is 735. The van der Waals surface area contributed by atoms with Gasteiger partial charge in [-0.25, -0.2) is 0 Å². The molecule has 0 aromatic rings. The fourth-order valence-electron chi connectivity index (χ4n) is 4.70. The minimum Gasteiger partial charge on any atom is -0.394 e. The third-order valence-electron chi connectivity index (χ3n) is 6.94. The third-order valence-corrected chi connectivity index (χ3v) is 6.94. The van der Waals surface area contributed by atoms with Crippen LogP contribution < -0.4 is 5.73 Å². The van der Waals surface area contributed by atoms with Gasteiger partial charge in [-0.3, -0.25) is 0 Å². The molecule has 0 bridgehead atoms. The van der Waals surface area contributed by atoms with Gasteiger partial charge in [0.25, 0.3) is 0 Å². The second kappa shape index (κ2) is 15.7. The summed E-state index contributed by atoms with van der Waals surface area (Å²) < 4.78 is 38.6. The Balaban J connectivity index is 1.73. The largest absolute Gasteiger partial charge is 0.394 e. The normalized spacial score (nSPS) is 46.4. The van der Waals surface area contributed by atoms with E-state index in [1.807, 2.05) is 6.92 Å². The maximum absolute atomic E-state index is 11.0. The summed E-state index contributed by atoms with van der Waals surface area (Å²) in [5.41, 5.74) is 5.48. The second-order valence-corrected chi connectivity index (χ2v) is 9.86. The first-order chi connectivity index (χ1) is 19.1. The van der Waals surface area contributed by atoms with Gasteiger partial charge in [0.1, 0.15) is 73.2 Å². The fraction of sp³-hybridized carbons (Fsp3) is 1.00. The first-order valence-electron chi connectivity index (χ1n) is 13.2. The van der Waals surface area contributed by atoms with Crippen LogP contribution in [0.5, 0.6) is 0 Å². The standard InChI is InChI=1S/C23H43NO16/c1-2-4-34-19-10(7-26)38-23(17(32)15(19)30)40-20-13(28)11(39-22(18(20)33)35-5-3-24)8-36-21-16(31)14(29)12(27)9(6-25)37-21/h9-23,25-33H,2-8,24H2,1H3. The van der Waals surface area contributed by atoms with Crippen LogP contribution in [0, 0.1) is 0 Å². The minimum atomic E-state index is -1.72. The van der Waals surface area contributed by atoms with Crippen LogP contribution in [0.15, 0.2) is 0 Å². The van der Waals surface area contributed by atoms with Crippen molar-refractivity contribution in [3.05, 3.63) is 0 Å². The maximum Gasteiger partial charge on any atom is 0.187 e. The summed E-state index contributed by atoms with van der Waals surface area (Å²) in [5.74, 6) is 0. The smallest absolute Gasteiger partial charge is 0.187 e. The van der Waals surface area contributed by atoms with Gasteiger partial charge in [0.2, 0.25) is 0 Å². The molecule has 0 radical (unpaired) electrons. The van der Waals surface area contributed by atoms with Gasteiger partial charge in [-0.1, -0.05) is 6.92 Å². The van der Waals surface area contributed by atoms with Crippen molar-refractivity contribution in [2.24, 2.45) is 5.73 Å². The molecule has 0 amide bonds. The molecule has 17 nitrogen and oxygen atoms in total. The summed E-state index contributed by atoms with van der Waals surface area (Å²) in [4.78, 5) is 0. The van der Waals surface area contributed by atoms with E-state index in [9.17, 15) is 46.0 Å². The molecular weight excluding hydrogens is 546 g/mol. The maximum atomic E-state index is 11.0. The molecule has 40 heavy (non-hydrogen) atoms. The van der Waals surface area contributed by atoms with E-state index in [2.05, 4.69) is 0 Å². The summed E-state index contributed by atoms with van der Waals surface area (Å²) >= 11 is 0. The molecule has 15 atom stereocenters. The number of hydrogen-bond donors (Lipinski definition) is 10. The van der Waals surface area contributed by atoms with Gasteiger partial charge < -0.3 is 84.9 Å². The summed E-state index contributed by atoms with van der Waals surface area (Å²) in [7, 11) is 0. The predicted molar refractivity (Wildman–Crippen MR) is 128 cm³/mol. The minimum absolute atomic E-state index is 0.0562. The highest BCUT2D eigenvalue weighted by Crippen LogP contribution is 2.31. The second-order valence-electron chi connectivity index (χ2n) is 9.86. The molecule has 3 rings (SSSR count). The van der Waals surface area contributed by atoms with Gasteiger partial charge in [-0.2, -0.15) is 0 Å². The van der Waals surface area contributed by atoms with Crippen molar-refractivity contribution in [3.63, 3.8) is 0 Å². The van der Waals surface area contributed by atoms with E-state index in [-0.39, 0.29) is 19.8 Å². The van der Waals surface area contributed by atoms with Crippen molar-refractivity contribution < 1.29 is 79.1 Å². The van der Waals surface area contributed by atoms with E-state index in [4.69, 9.17) is 38.9 Å². The van der Waals surface area contributed by atoms with Crippen LogP contribution in [0.1, 0.15) is 13.3 Å². The molecule has 3 aliphatic rings. The number of aliphatic hydroxyl groups is 9. The number of nitrogens with two attached hydrogens (primary N) is 1. The zero-order valence-electron chi connectivity index (χ0n) is 22.1. The van der Waals surface area contributed by atoms with E-state index >= 15 is 0 Å². The molecule has 3 saturated heterocycles. The van der Waals surface area contributed by atoms with Crippen LogP contribution in [0.25, 0.3) is 0 Å². The highest BCUT2D eigenvalue weighted by molar-refractivity contribution is 4.95. The molecule has 0 aromatic heterocycles. The van der Waals surface area contributed by atoms with Gasteiger partial charge in [-0.05, 0) is 6.42 Å². The lowest BCUT2D eigenvalue weighted by molar-refractivity contribution is -0.367. The van der Waals surface area contributed by atoms with Crippen LogP contribution in [-0.2, 0) is 33.2 Å². The molecule has 0 aromatic carbocycles. The van der Waals surface area contributed by atoms with Gasteiger partial charge in [0.05, 0.1) is 26.4 Å². The Labute approximate surface area is 230 Å². The molecule has 11 N–H and O–H groups in total. The summed E-state index contributed by atoms with van der Waals surface area (Å²) in [5, 5.41) is 92.4. The summed E-state index contributed by atoms with van der Waals surface area (Å²) in [6.45, 7) is 0.264. The topological polar surface area (TPSA) is 273 Å². The lowest BCUT2D eigenvalue weighted by Gasteiger charge is -2.47. The van der Waals surface area contributed by atoms with Crippen molar-refractivity contribution in [1.29, 1.82) is 0 Å². The monoisotopic (exact) mass is 589 g/mol. The van der Waals surface area contributed by atoms with Crippen LogP contribution >= 0.6 is 0 Å². The van der Waals surface area contributed by atoms with Gasteiger partial charge in [0.15, 0.2) is 18.9 Å². The van der Waals surface area contributed by atoms with Crippen molar-refractivity contribution in [3.8, 4) is 0 Å². The van der Waals surface area contributed by atoms with E-state index in [0.717, 1.165) is 0 Å². The fourth-order valence-corrected chi connectivity index (χ4v) is 4.70. The summed E-state index contributed by atoms with van der Waals surface area (Å²) in [6.07, 6.45) is -21.8. The first kappa shape index (κ1) is 33.8. The summed E-state index contributed by atoms with van der Waals surface area (Å²) in [6, 6.07) is 0. The van der Waals surface area contributed by atoms with Crippen LogP contribution in [0.4, 0.5) is 0 Å². The van der Waals surface area contributed by atoms with Crippen molar-refractivity contribution >= 4 is 0 Å². The molecule has 0 spiro atoms. The SMILES string of the molecule is CCCOC1C(CO)OC(OC2C(O)C(COC3OC(CO)C(O)C(O)C3O)OC(OCCN)C2O)C(O)C1O. The number of aliphatic hydroxyl groups excluding tert-OH is 9. The Hall–Kier alpha value is -0.680. The van der Waals surface area contributed by atoms with Crippen molar-refractivity contribution in [2.45, 2.75) is 105 Å². The number of hydrogen-bond acceptors (Lipinski definition) is 17. The zero-order valence-corrected chi connectivity index (χ0v) is 22.1. The van der Waals surface area contributed by atoms with E-state index < -0.39 is 112 Å². The Morgan fingerprint density at radius 1 is 0.575 bits per heavy atom. The van der Waals surface area contributed by atoms with E-state index in [1.165, 1.54) is 0 Å². The molecule has 3 heterocycles. The Morgan fingerprint density at radius 3 is 1.80 bits per heavy atom. The quantitative estimate of drug-likeness (QED) is 0.0956. The molecule has 17 heteroatoms. The number of rotatable bonds is 13. The molecule has 3 aliphatic heterocycles. The highest BCUT2D eigenvalue weighted by Gasteiger charge is 2.52. The molecule has 0 saturated carbocycles. The van der Waals surface area contributed by atoms with Crippen LogP contribution in [0.2, 0.25) is 0 Å². The average molecular weight is 590 g/mol. The lowest BCUT2D eigenvalue weighted by Crippen LogP contribution is -2.65. The molecule has 236 valence electrons. The van der Waals surface area contributed by atoms with Gasteiger partial charge in [-0.15, -0.1) is 0 Å². The third kappa shape index (κ3) is 7.63. The van der Waals surface area contributed by atoms with Crippen LogP contribution in [-0.4, -0.2) is 178 Å².